The number of aromatic nitrogens is 2. The summed E-state index contributed by atoms with van der Waals surface area (Å²) in [6, 6.07) is 5.85. The van der Waals surface area contributed by atoms with Gasteiger partial charge in [-0.25, -0.2) is 4.39 Å². The number of carbonyl (C=O) groups excluding carboxylic acids is 2. The first-order chi connectivity index (χ1) is 14.1. The number of halogens is 2. The average Bonchev–Trinajstić information content (AvgIpc) is 3.02. The van der Waals surface area contributed by atoms with Gasteiger partial charge in [-0.2, -0.15) is 5.10 Å². The molecule has 160 valence electrons. The summed E-state index contributed by atoms with van der Waals surface area (Å²) in [6.07, 6.45) is 2.05. The second kappa shape index (κ2) is 7.27. The van der Waals surface area contributed by atoms with Crippen LogP contribution in [0.5, 0.6) is 5.75 Å². The Morgan fingerprint density at radius 1 is 1.23 bits per heavy atom. The summed E-state index contributed by atoms with van der Waals surface area (Å²) in [5.74, 6) is -0.536. The third-order valence-electron chi connectivity index (χ3n) is 5.80. The lowest BCUT2D eigenvalue weighted by atomic mass is 9.44. The number of carbonyl (C=O) groups is 2. The third-order valence-corrected chi connectivity index (χ3v) is 6.10. The van der Waals surface area contributed by atoms with E-state index in [1.165, 1.54) is 12.1 Å². The van der Waals surface area contributed by atoms with Gasteiger partial charge in [-0.3, -0.25) is 14.3 Å². The maximum absolute atomic E-state index is 13.4. The molecule has 0 saturated heterocycles. The molecule has 9 heteroatoms. The SMILES string of the molecule is CC(C)c1cc(C(=O)NC23CC(NC(=O)COc4ccc(Cl)c(F)c4)(C2)C3)n(C)n1. The van der Waals surface area contributed by atoms with Gasteiger partial charge in [0.05, 0.1) is 10.7 Å². The van der Waals surface area contributed by atoms with Crippen LogP contribution in [0.1, 0.15) is 55.2 Å². The topological polar surface area (TPSA) is 85.3 Å². The highest BCUT2D eigenvalue weighted by atomic mass is 35.5. The van der Waals surface area contributed by atoms with Crippen molar-refractivity contribution < 1.29 is 18.7 Å². The van der Waals surface area contributed by atoms with Crippen LogP contribution >= 0.6 is 11.6 Å². The highest BCUT2D eigenvalue weighted by Crippen LogP contribution is 2.60. The molecule has 5 rings (SSSR count). The lowest BCUT2D eigenvalue weighted by Gasteiger charge is -2.70. The van der Waals surface area contributed by atoms with E-state index < -0.39 is 5.82 Å². The minimum atomic E-state index is -0.597. The lowest BCUT2D eigenvalue weighted by molar-refractivity contribution is -0.141. The molecule has 2 bridgehead atoms. The molecule has 0 aliphatic heterocycles. The summed E-state index contributed by atoms with van der Waals surface area (Å²) in [5.41, 5.74) is 0.844. The molecule has 3 saturated carbocycles. The van der Waals surface area contributed by atoms with Crippen LogP contribution in [0.4, 0.5) is 4.39 Å². The van der Waals surface area contributed by atoms with Crippen LogP contribution in [-0.2, 0) is 11.8 Å². The van der Waals surface area contributed by atoms with Crippen LogP contribution in [-0.4, -0.2) is 39.3 Å². The summed E-state index contributed by atoms with van der Waals surface area (Å²) in [5, 5.41) is 10.4. The second-order valence-electron chi connectivity index (χ2n) is 8.69. The molecule has 0 unspecified atom stereocenters. The molecule has 2 N–H and O–H groups in total. The average molecular weight is 435 g/mol. The molecule has 7 nitrogen and oxygen atoms in total. The Hall–Kier alpha value is -2.61. The van der Waals surface area contributed by atoms with Crippen LogP contribution in [0.15, 0.2) is 24.3 Å². The molecule has 1 aromatic carbocycles. The summed E-state index contributed by atoms with van der Waals surface area (Å²) in [4.78, 5) is 24.9. The van der Waals surface area contributed by atoms with E-state index in [0.29, 0.717) is 25.0 Å². The molecule has 30 heavy (non-hydrogen) atoms. The Bertz CT molecular complexity index is 1000. The van der Waals surface area contributed by atoms with E-state index in [4.69, 9.17) is 16.3 Å². The van der Waals surface area contributed by atoms with Crippen molar-refractivity contribution in [3.8, 4) is 5.75 Å². The summed E-state index contributed by atoms with van der Waals surface area (Å²) < 4.78 is 20.4. The summed E-state index contributed by atoms with van der Waals surface area (Å²) in [6.45, 7) is 3.85. The zero-order chi connectivity index (χ0) is 21.7. The van der Waals surface area contributed by atoms with E-state index in [1.807, 2.05) is 19.9 Å². The molecule has 3 aliphatic carbocycles. The molecule has 2 amide bonds. The summed E-state index contributed by atoms with van der Waals surface area (Å²) >= 11 is 5.63. The van der Waals surface area contributed by atoms with Gasteiger partial charge in [0.25, 0.3) is 11.8 Å². The van der Waals surface area contributed by atoms with Crippen LogP contribution < -0.4 is 15.4 Å². The van der Waals surface area contributed by atoms with Crippen LogP contribution in [0.25, 0.3) is 0 Å². The molecule has 0 spiro atoms. The van der Waals surface area contributed by atoms with Gasteiger partial charge in [-0.15, -0.1) is 0 Å². The first-order valence-corrected chi connectivity index (χ1v) is 10.2. The van der Waals surface area contributed by atoms with Crippen molar-refractivity contribution in [1.82, 2.24) is 20.4 Å². The summed E-state index contributed by atoms with van der Waals surface area (Å²) in [7, 11) is 1.76. The minimum absolute atomic E-state index is 0.000401. The zero-order valence-electron chi connectivity index (χ0n) is 17.1. The number of amides is 2. The molecule has 1 heterocycles. The largest absolute Gasteiger partial charge is 0.484 e. The van der Waals surface area contributed by atoms with Gasteiger partial charge in [0.15, 0.2) is 6.61 Å². The van der Waals surface area contributed by atoms with E-state index in [-0.39, 0.29) is 46.2 Å². The first kappa shape index (κ1) is 20.7. The second-order valence-corrected chi connectivity index (χ2v) is 9.10. The Morgan fingerprint density at radius 3 is 2.50 bits per heavy atom. The number of hydrogen-bond donors (Lipinski definition) is 2. The number of nitrogens with one attached hydrogen (secondary N) is 2. The predicted octanol–water partition coefficient (Wildman–Crippen LogP) is 2.94. The molecule has 0 atom stereocenters. The lowest BCUT2D eigenvalue weighted by Crippen LogP contribution is -2.84. The molecule has 3 fully saturated rings. The van der Waals surface area contributed by atoms with Gasteiger partial charge in [0.2, 0.25) is 0 Å². The van der Waals surface area contributed by atoms with Gasteiger partial charge in [0.1, 0.15) is 17.3 Å². The number of nitrogens with zero attached hydrogens (tertiary/aromatic N) is 2. The fourth-order valence-corrected chi connectivity index (χ4v) is 4.51. The van der Waals surface area contributed by atoms with Crippen LogP contribution in [0, 0.1) is 5.82 Å². The first-order valence-electron chi connectivity index (χ1n) is 9.86. The maximum Gasteiger partial charge on any atom is 0.269 e. The van der Waals surface area contributed by atoms with Crippen molar-refractivity contribution in [2.45, 2.75) is 50.1 Å². The van der Waals surface area contributed by atoms with Gasteiger partial charge >= 0.3 is 0 Å². The Kier molecular flexibility index (Phi) is 5.00. The van der Waals surface area contributed by atoms with Crippen molar-refractivity contribution in [3.05, 3.63) is 46.5 Å². The van der Waals surface area contributed by atoms with Gasteiger partial charge in [0, 0.05) is 24.2 Å². The van der Waals surface area contributed by atoms with Crippen molar-refractivity contribution in [1.29, 1.82) is 0 Å². The number of benzene rings is 1. The molecular formula is C21H24ClFN4O3. The van der Waals surface area contributed by atoms with Gasteiger partial charge < -0.3 is 15.4 Å². The van der Waals surface area contributed by atoms with E-state index in [0.717, 1.165) is 11.8 Å². The number of ether oxygens (including phenoxy) is 1. The Morgan fingerprint density at radius 2 is 1.90 bits per heavy atom. The van der Waals surface area contributed by atoms with Gasteiger partial charge in [-0.1, -0.05) is 25.4 Å². The molecule has 2 aromatic rings. The van der Waals surface area contributed by atoms with E-state index in [9.17, 15) is 14.0 Å². The normalized spacial score (nSPS) is 24.1. The van der Waals surface area contributed by atoms with Crippen molar-refractivity contribution >= 4 is 23.4 Å². The maximum atomic E-state index is 13.4. The number of aryl methyl sites for hydroxylation is 1. The van der Waals surface area contributed by atoms with Crippen molar-refractivity contribution in [2.24, 2.45) is 7.05 Å². The highest BCUT2D eigenvalue weighted by molar-refractivity contribution is 6.30. The van der Waals surface area contributed by atoms with Crippen LogP contribution in [0.2, 0.25) is 5.02 Å². The standard InChI is InChI=1S/C21H24ClFN4O3/c1-12(2)16-7-17(27(3)26-16)19(29)25-21-9-20(10-21,11-21)24-18(28)8-30-13-4-5-14(22)15(23)6-13/h4-7,12H,8-11H2,1-3H3,(H,24,28)(H,25,29). The highest BCUT2D eigenvalue weighted by Gasteiger charge is 2.69. The minimum Gasteiger partial charge on any atom is -0.484 e. The molecule has 1 aromatic heterocycles. The van der Waals surface area contributed by atoms with Crippen molar-refractivity contribution in [2.75, 3.05) is 6.61 Å². The van der Waals surface area contributed by atoms with Crippen LogP contribution in [0.3, 0.4) is 0 Å². The van der Waals surface area contributed by atoms with E-state index in [2.05, 4.69) is 15.7 Å². The molecule has 3 aliphatic rings. The van der Waals surface area contributed by atoms with E-state index >= 15 is 0 Å². The quantitative estimate of drug-likeness (QED) is 0.701. The number of hydrogen-bond acceptors (Lipinski definition) is 4. The third kappa shape index (κ3) is 3.76. The van der Waals surface area contributed by atoms with Gasteiger partial charge in [-0.05, 0) is 43.4 Å². The van der Waals surface area contributed by atoms with Crippen molar-refractivity contribution in [3.63, 3.8) is 0 Å². The Balaban J connectivity index is 1.26. The smallest absolute Gasteiger partial charge is 0.269 e. The number of rotatable bonds is 7. The fourth-order valence-electron chi connectivity index (χ4n) is 4.39. The predicted molar refractivity (Wildman–Crippen MR) is 109 cm³/mol. The molecule has 0 radical (unpaired) electrons. The fraction of sp³-hybridized carbons (Fsp3) is 0.476. The van der Waals surface area contributed by atoms with E-state index in [1.54, 1.807) is 11.7 Å². The Labute approximate surface area is 178 Å². The monoisotopic (exact) mass is 434 g/mol. The zero-order valence-corrected chi connectivity index (χ0v) is 17.8. The molecular weight excluding hydrogens is 411 g/mol.